The van der Waals surface area contributed by atoms with E-state index in [0.717, 1.165) is 0 Å². The quantitative estimate of drug-likeness (QED) is 0.662. The Morgan fingerprint density at radius 2 is 2.15 bits per heavy atom. The molecule has 1 aromatic rings. The fourth-order valence-electron chi connectivity index (χ4n) is 2.08. The number of carbonyl (C=O) groups excluding carboxylic acids is 1. The maximum absolute atomic E-state index is 11.8. The summed E-state index contributed by atoms with van der Waals surface area (Å²) in [6.07, 6.45) is 2.40. The number of anilines is 1. The largest absolute Gasteiger partial charge is 0.398 e. The van der Waals surface area contributed by atoms with Crippen LogP contribution in [0.5, 0.6) is 0 Å². The second-order valence-corrected chi connectivity index (χ2v) is 5.04. The Labute approximate surface area is 116 Å². The van der Waals surface area contributed by atoms with Crippen LogP contribution in [0.25, 0.3) is 0 Å². The zero-order valence-electron chi connectivity index (χ0n) is 11.2. The topological polar surface area (TPSA) is 107 Å². The monoisotopic (exact) mass is 281 g/mol. The van der Waals surface area contributed by atoms with E-state index in [2.05, 4.69) is 5.32 Å². The number of rotatable bonds is 4. The van der Waals surface area contributed by atoms with Gasteiger partial charge in [-0.2, -0.15) is 0 Å². The first-order valence-corrected chi connectivity index (χ1v) is 6.51. The molecule has 0 aliphatic carbocycles. The average molecular weight is 281 g/mol. The summed E-state index contributed by atoms with van der Waals surface area (Å²) >= 11 is 0. The number of ether oxygens (including phenoxy) is 1. The number of nitrogens with one attached hydrogen (secondary N) is 1. The maximum atomic E-state index is 11.8. The van der Waals surface area contributed by atoms with Crippen LogP contribution in [-0.4, -0.2) is 40.9 Å². The van der Waals surface area contributed by atoms with E-state index in [1.807, 2.05) is 0 Å². The summed E-state index contributed by atoms with van der Waals surface area (Å²) in [5.74, 6) is -0.336. The minimum absolute atomic E-state index is 0.115. The minimum Gasteiger partial charge on any atom is -0.398 e. The third-order valence-electron chi connectivity index (χ3n) is 3.36. The molecule has 1 fully saturated rings. The molecular weight excluding hydrogens is 262 g/mol. The summed E-state index contributed by atoms with van der Waals surface area (Å²) in [5, 5.41) is 12.8. The van der Waals surface area contributed by atoms with E-state index in [9.17, 15) is 14.7 Å². The van der Waals surface area contributed by atoms with Gasteiger partial charge in [0.1, 0.15) is 6.54 Å². The Morgan fingerprint density at radius 3 is 2.85 bits per heavy atom. The van der Waals surface area contributed by atoms with Gasteiger partial charge in [-0.15, -0.1) is 0 Å². The summed E-state index contributed by atoms with van der Waals surface area (Å²) in [7, 11) is 0. The first kappa shape index (κ1) is 14.5. The lowest BCUT2D eigenvalue weighted by Crippen LogP contribution is -2.47. The highest BCUT2D eigenvalue weighted by Gasteiger charge is 2.30. The van der Waals surface area contributed by atoms with Gasteiger partial charge in [0.15, 0.2) is 0 Å². The van der Waals surface area contributed by atoms with E-state index in [-0.39, 0.29) is 24.6 Å². The zero-order chi connectivity index (χ0) is 14.6. The lowest BCUT2D eigenvalue weighted by molar-refractivity contribution is -0.124. The molecule has 7 heteroatoms. The fraction of sp³-hybridized carbons (Fsp3) is 0.538. The van der Waals surface area contributed by atoms with Crippen LogP contribution in [0.2, 0.25) is 0 Å². The Hall–Kier alpha value is -1.86. The van der Waals surface area contributed by atoms with Gasteiger partial charge in [-0.05, 0) is 6.07 Å². The standard InChI is InChI=1S/C13H19N3O4/c14-10-1-2-12(18)16(7-10)8-11(17)15-9-13(19)3-5-20-6-4-13/h1-2,7,19H,3-6,8-9,14H2,(H,15,17). The third kappa shape index (κ3) is 3.82. The number of carbonyl (C=O) groups is 1. The van der Waals surface area contributed by atoms with Crippen LogP contribution in [-0.2, 0) is 16.1 Å². The first-order chi connectivity index (χ1) is 9.48. The van der Waals surface area contributed by atoms with E-state index < -0.39 is 5.60 Å². The van der Waals surface area contributed by atoms with Crippen molar-refractivity contribution in [2.45, 2.75) is 25.0 Å². The van der Waals surface area contributed by atoms with Crippen molar-refractivity contribution in [3.8, 4) is 0 Å². The van der Waals surface area contributed by atoms with Crippen LogP contribution < -0.4 is 16.6 Å². The minimum atomic E-state index is -0.922. The molecule has 0 unspecified atom stereocenters. The molecule has 0 saturated carbocycles. The number of nitrogens with two attached hydrogens (primary N) is 1. The molecule has 1 saturated heterocycles. The molecule has 0 atom stereocenters. The molecule has 7 nitrogen and oxygen atoms in total. The molecule has 0 radical (unpaired) electrons. The predicted octanol–water partition coefficient (Wildman–Crippen LogP) is -0.912. The number of nitrogen functional groups attached to an aromatic ring is 1. The normalized spacial score (nSPS) is 17.6. The van der Waals surface area contributed by atoms with Gasteiger partial charge in [0.2, 0.25) is 5.91 Å². The number of aliphatic hydroxyl groups is 1. The van der Waals surface area contributed by atoms with Crippen molar-refractivity contribution in [1.29, 1.82) is 0 Å². The van der Waals surface area contributed by atoms with Crippen LogP contribution in [0, 0.1) is 0 Å². The Bertz CT molecular complexity index is 535. The smallest absolute Gasteiger partial charge is 0.251 e. The number of amides is 1. The van der Waals surface area contributed by atoms with Crippen molar-refractivity contribution < 1.29 is 14.6 Å². The van der Waals surface area contributed by atoms with Crippen molar-refractivity contribution in [2.75, 3.05) is 25.5 Å². The number of pyridine rings is 1. The third-order valence-corrected chi connectivity index (χ3v) is 3.36. The lowest BCUT2D eigenvalue weighted by atomic mass is 9.94. The molecule has 1 aromatic heterocycles. The Balaban J connectivity index is 1.89. The first-order valence-electron chi connectivity index (χ1n) is 6.51. The van der Waals surface area contributed by atoms with Crippen molar-refractivity contribution in [3.63, 3.8) is 0 Å². The molecule has 20 heavy (non-hydrogen) atoms. The molecule has 1 aliphatic heterocycles. The predicted molar refractivity (Wildman–Crippen MR) is 73.1 cm³/mol. The van der Waals surface area contributed by atoms with E-state index in [1.165, 1.54) is 22.9 Å². The number of nitrogens with zero attached hydrogens (tertiary/aromatic N) is 1. The van der Waals surface area contributed by atoms with Crippen LogP contribution in [0.4, 0.5) is 5.69 Å². The zero-order valence-corrected chi connectivity index (χ0v) is 11.2. The maximum Gasteiger partial charge on any atom is 0.251 e. The number of hydrogen-bond donors (Lipinski definition) is 3. The summed E-state index contributed by atoms with van der Waals surface area (Å²) in [5.41, 5.74) is 4.77. The molecule has 0 aromatic carbocycles. The molecule has 4 N–H and O–H groups in total. The van der Waals surface area contributed by atoms with Crippen LogP contribution in [0.15, 0.2) is 23.1 Å². The second kappa shape index (κ2) is 6.06. The van der Waals surface area contributed by atoms with Gasteiger partial charge in [0, 0.05) is 50.6 Å². The van der Waals surface area contributed by atoms with Gasteiger partial charge in [-0.1, -0.05) is 0 Å². The second-order valence-electron chi connectivity index (χ2n) is 5.04. The van der Waals surface area contributed by atoms with E-state index >= 15 is 0 Å². The molecule has 2 rings (SSSR count). The molecule has 1 aliphatic rings. The lowest BCUT2D eigenvalue weighted by Gasteiger charge is -2.32. The Kier molecular flexibility index (Phi) is 4.41. The van der Waals surface area contributed by atoms with Gasteiger partial charge >= 0.3 is 0 Å². The highest BCUT2D eigenvalue weighted by Crippen LogP contribution is 2.19. The average Bonchev–Trinajstić information content (AvgIpc) is 2.42. The van der Waals surface area contributed by atoms with Crippen LogP contribution >= 0.6 is 0 Å². The Morgan fingerprint density at radius 1 is 1.45 bits per heavy atom. The van der Waals surface area contributed by atoms with Crippen LogP contribution in [0.1, 0.15) is 12.8 Å². The van der Waals surface area contributed by atoms with E-state index in [4.69, 9.17) is 10.5 Å². The summed E-state index contributed by atoms with van der Waals surface area (Å²) in [6, 6.07) is 2.80. The molecule has 0 bridgehead atoms. The van der Waals surface area contributed by atoms with E-state index in [1.54, 1.807) is 0 Å². The van der Waals surface area contributed by atoms with Crippen molar-refractivity contribution in [1.82, 2.24) is 9.88 Å². The van der Waals surface area contributed by atoms with Crippen molar-refractivity contribution >= 4 is 11.6 Å². The van der Waals surface area contributed by atoms with Crippen molar-refractivity contribution in [2.24, 2.45) is 0 Å². The highest BCUT2D eigenvalue weighted by molar-refractivity contribution is 5.75. The van der Waals surface area contributed by atoms with Gasteiger partial charge in [0.25, 0.3) is 5.56 Å². The molecule has 1 amide bonds. The molecule has 0 spiro atoms. The summed E-state index contributed by atoms with van der Waals surface area (Å²) in [4.78, 5) is 23.3. The van der Waals surface area contributed by atoms with Gasteiger partial charge in [0.05, 0.1) is 5.60 Å². The van der Waals surface area contributed by atoms with E-state index in [0.29, 0.717) is 31.7 Å². The van der Waals surface area contributed by atoms with Crippen molar-refractivity contribution in [3.05, 3.63) is 28.7 Å². The summed E-state index contributed by atoms with van der Waals surface area (Å²) < 4.78 is 6.40. The number of hydrogen-bond acceptors (Lipinski definition) is 5. The highest BCUT2D eigenvalue weighted by atomic mass is 16.5. The SMILES string of the molecule is Nc1ccc(=O)n(CC(=O)NCC2(O)CCOCC2)c1. The molecule has 110 valence electrons. The molecular formula is C13H19N3O4. The summed E-state index contributed by atoms with van der Waals surface area (Å²) in [6.45, 7) is 1.02. The molecule has 2 heterocycles. The van der Waals surface area contributed by atoms with Gasteiger partial charge in [-0.3, -0.25) is 9.59 Å². The van der Waals surface area contributed by atoms with Crippen LogP contribution in [0.3, 0.4) is 0 Å². The van der Waals surface area contributed by atoms with Gasteiger partial charge < -0.3 is 25.5 Å². The number of aromatic nitrogens is 1. The fourth-order valence-corrected chi connectivity index (χ4v) is 2.08. The van der Waals surface area contributed by atoms with Gasteiger partial charge in [-0.25, -0.2) is 0 Å².